The number of benzene rings is 2. The van der Waals surface area contributed by atoms with Crippen LogP contribution in [0.3, 0.4) is 0 Å². The van der Waals surface area contributed by atoms with Crippen LogP contribution in [0.5, 0.6) is 5.75 Å². The molecule has 1 unspecified atom stereocenters. The first-order chi connectivity index (χ1) is 14.3. The van der Waals surface area contributed by atoms with Crippen LogP contribution in [0, 0.1) is 0 Å². The molecule has 3 nitrogen and oxygen atoms in total. The number of hydrogen-bond donors (Lipinski definition) is 1. The van der Waals surface area contributed by atoms with Crippen molar-refractivity contribution in [1.82, 2.24) is 9.80 Å². The zero-order chi connectivity index (χ0) is 19.9. The standard InChI is InChI=1S/C26H36N2O.BrH/c29-25-15-9-10-22(20-25)21-26(23-11-5-4-6-12-23)28-18-16-27(17-19-28)24-13-7-2-1-3-8-14-24;/h4-6,9-12,15,20,24,26,29H,1-3,7-8,13-14,16-19,21H2;1H. The van der Waals surface area contributed by atoms with Crippen molar-refractivity contribution < 1.29 is 5.11 Å². The van der Waals surface area contributed by atoms with E-state index in [0.717, 1.165) is 25.6 Å². The molecule has 1 aliphatic carbocycles. The Morgan fingerprint density at radius 1 is 0.800 bits per heavy atom. The van der Waals surface area contributed by atoms with Gasteiger partial charge in [0.1, 0.15) is 5.75 Å². The molecule has 1 saturated heterocycles. The Labute approximate surface area is 192 Å². The molecule has 1 heterocycles. The third-order valence-electron chi connectivity index (χ3n) is 6.90. The molecule has 1 aliphatic heterocycles. The Kier molecular flexibility index (Phi) is 9.23. The molecule has 30 heavy (non-hydrogen) atoms. The molecule has 4 heteroatoms. The van der Waals surface area contributed by atoms with Crippen LogP contribution in [0.2, 0.25) is 0 Å². The van der Waals surface area contributed by atoms with Gasteiger partial charge >= 0.3 is 0 Å². The maximum Gasteiger partial charge on any atom is 0.115 e. The van der Waals surface area contributed by atoms with Gasteiger partial charge in [0.25, 0.3) is 0 Å². The number of hydrogen-bond acceptors (Lipinski definition) is 3. The average Bonchev–Trinajstić information content (AvgIpc) is 2.73. The van der Waals surface area contributed by atoms with Crippen molar-refractivity contribution in [1.29, 1.82) is 0 Å². The fourth-order valence-corrected chi connectivity index (χ4v) is 5.25. The Morgan fingerprint density at radius 3 is 2.13 bits per heavy atom. The van der Waals surface area contributed by atoms with Gasteiger partial charge in [-0.15, -0.1) is 17.0 Å². The summed E-state index contributed by atoms with van der Waals surface area (Å²) in [5.74, 6) is 0.364. The van der Waals surface area contributed by atoms with Crippen molar-refractivity contribution in [3.05, 3.63) is 65.7 Å². The summed E-state index contributed by atoms with van der Waals surface area (Å²) in [5, 5.41) is 9.91. The van der Waals surface area contributed by atoms with E-state index >= 15 is 0 Å². The van der Waals surface area contributed by atoms with Gasteiger partial charge in [-0.25, -0.2) is 0 Å². The Bertz CT molecular complexity index is 738. The van der Waals surface area contributed by atoms with Crippen LogP contribution >= 0.6 is 17.0 Å². The fourth-order valence-electron chi connectivity index (χ4n) is 5.25. The second-order valence-corrected chi connectivity index (χ2v) is 8.87. The topological polar surface area (TPSA) is 26.7 Å². The summed E-state index contributed by atoms with van der Waals surface area (Å²) < 4.78 is 0. The van der Waals surface area contributed by atoms with E-state index in [1.165, 1.54) is 69.2 Å². The number of piperazine rings is 1. The second kappa shape index (κ2) is 11.9. The van der Waals surface area contributed by atoms with Crippen LogP contribution < -0.4 is 0 Å². The average molecular weight is 473 g/mol. The minimum Gasteiger partial charge on any atom is -0.508 e. The van der Waals surface area contributed by atoms with E-state index < -0.39 is 0 Å². The van der Waals surface area contributed by atoms with Crippen LogP contribution in [0.4, 0.5) is 0 Å². The molecular formula is C26H37BrN2O. The van der Waals surface area contributed by atoms with E-state index in [1.807, 2.05) is 12.1 Å². The van der Waals surface area contributed by atoms with Gasteiger partial charge in [0.15, 0.2) is 0 Å². The van der Waals surface area contributed by atoms with E-state index in [1.54, 1.807) is 6.07 Å². The predicted octanol–water partition coefficient (Wildman–Crippen LogP) is 5.98. The third-order valence-corrected chi connectivity index (χ3v) is 6.90. The Balaban J connectivity index is 0.00000256. The lowest BCUT2D eigenvalue weighted by Gasteiger charge is -2.43. The van der Waals surface area contributed by atoms with Crippen molar-refractivity contribution in [2.24, 2.45) is 0 Å². The molecule has 0 radical (unpaired) electrons. The first kappa shape index (κ1) is 23.3. The first-order valence-electron chi connectivity index (χ1n) is 11.6. The van der Waals surface area contributed by atoms with Gasteiger partial charge < -0.3 is 5.11 Å². The van der Waals surface area contributed by atoms with Crippen LogP contribution in [0.15, 0.2) is 54.6 Å². The monoisotopic (exact) mass is 472 g/mol. The van der Waals surface area contributed by atoms with Gasteiger partial charge in [0, 0.05) is 38.3 Å². The van der Waals surface area contributed by atoms with Crippen LogP contribution in [-0.2, 0) is 6.42 Å². The molecule has 2 fully saturated rings. The van der Waals surface area contributed by atoms with Crippen LogP contribution in [0.1, 0.15) is 62.1 Å². The van der Waals surface area contributed by atoms with E-state index in [9.17, 15) is 5.11 Å². The van der Waals surface area contributed by atoms with Crippen LogP contribution in [0.25, 0.3) is 0 Å². The molecule has 4 rings (SSSR count). The first-order valence-corrected chi connectivity index (χ1v) is 11.6. The van der Waals surface area contributed by atoms with Gasteiger partial charge in [0.2, 0.25) is 0 Å². The molecular weight excluding hydrogens is 436 g/mol. The lowest BCUT2D eigenvalue weighted by molar-refractivity contribution is 0.0595. The van der Waals surface area contributed by atoms with Gasteiger partial charge in [-0.05, 0) is 42.5 Å². The summed E-state index contributed by atoms with van der Waals surface area (Å²) in [6, 6.07) is 19.9. The molecule has 0 spiro atoms. The quantitative estimate of drug-likeness (QED) is 0.579. The molecule has 0 bridgehead atoms. The summed E-state index contributed by atoms with van der Waals surface area (Å²) in [6.45, 7) is 4.64. The van der Waals surface area contributed by atoms with E-state index in [2.05, 4.69) is 46.2 Å². The highest BCUT2D eigenvalue weighted by atomic mass is 79.9. The number of halogens is 1. The predicted molar refractivity (Wildman–Crippen MR) is 131 cm³/mol. The summed E-state index contributed by atoms with van der Waals surface area (Å²) in [4.78, 5) is 5.44. The molecule has 0 aromatic heterocycles. The maximum absolute atomic E-state index is 9.91. The van der Waals surface area contributed by atoms with Gasteiger partial charge in [-0.2, -0.15) is 0 Å². The molecule has 0 amide bonds. The highest BCUT2D eigenvalue weighted by Crippen LogP contribution is 2.29. The lowest BCUT2D eigenvalue weighted by atomic mass is 9.94. The summed E-state index contributed by atoms with van der Waals surface area (Å²) in [5.41, 5.74) is 2.59. The number of rotatable bonds is 5. The molecule has 2 aromatic carbocycles. The second-order valence-electron chi connectivity index (χ2n) is 8.87. The Hall–Kier alpha value is -1.36. The molecule has 2 aromatic rings. The summed E-state index contributed by atoms with van der Waals surface area (Å²) in [6.07, 6.45) is 10.9. The minimum absolute atomic E-state index is 0. The van der Waals surface area contributed by atoms with Gasteiger partial charge in [0.05, 0.1) is 0 Å². The maximum atomic E-state index is 9.91. The molecule has 164 valence electrons. The molecule has 1 N–H and O–H groups in total. The fraction of sp³-hybridized carbons (Fsp3) is 0.538. The normalized spacial score (nSPS) is 20.7. The number of nitrogens with zero attached hydrogens (tertiary/aromatic N) is 2. The molecule has 1 saturated carbocycles. The van der Waals surface area contributed by atoms with Crippen molar-refractivity contribution in [3.8, 4) is 5.75 Å². The number of aromatic hydroxyl groups is 1. The smallest absolute Gasteiger partial charge is 0.115 e. The van der Waals surface area contributed by atoms with Crippen molar-refractivity contribution >= 4 is 17.0 Å². The minimum atomic E-state index is 0. The third kappa shape index (κ3) is 6.32. The highest BCUT2D eigenvalue weighted by Gasteiger charge is 2.28. The highest BCUT2D eigenvalue weighted by molar-refractivity contribution is 8.93. The largest absolute Gasteiger partial charge is 0.508 e. The van der Waals surface area contributed by atoms with Gasteiger partial charge in [-0.1, -0.05) is 74.6 Å². The van der Waals surface area contributed by atoms with Gasteiger partial charge in [-0.3, -0.25) is 9.80 Å². The SMILES string of the molecule is Br.Oc1cccc(CC(c2ccccc2)N2CCN(C3CCCCCCC3)CC2)c1. The van der Waals surface area contributed by atoms with E-state index in [-0.39, 0.29) is 17.0 Å². The molecule has 1 atom stereocenters. The van der Waals surface area contributed by atoms with E-state index in [4.69, 9.17) is 0 Å². The number of phenols is 1. The summed E-state index contributed by atoms with van der Waals surface area (Å²) >= 11 is 0. The van der Waals surface area contributed by atoms with Crippen molar-refractivity contribution in [2.45, 2.75) is 63.5 Å². The lowest BCUT2D eigenvalue weighted by Crippen LogP contribution is -2.51. The summed E-state index contributed by atoms with van der Waals surface area (Å²) in [7, 11) is 0. The van der Waals surface area contributed by atoms with E-state index in [0.29, 0.717) is 11.8 Å². The Morgan fingerprint density at radius 2 is 1.47 bits per heavy atom. The van der Waals surface area contributed by atoms with Crippen molar-refractivity contribution in [3.63, 3.8) is 0 Å². The zero-order valence-electron chi connectivity index (χ0n) is 18.1. The van der Waals surface area contributed by atoms with Crippen LogP contribution in [-0.4, -0.2) is 47.1 Å². The molecule has 2 aliphatic rings. The number of phenolic OH excluding ortho intramolecular Hbond substituents is 1. The zero-order valence-corrected chi connectivity index (χ0v) is 19.8. The van der Waals surface area contributed by atoms with Crippen molar-refractivity contribution in [2.75, 3.05) is 26.2 Å².